The van der Waals surface area contributed by atoms with Crippen LogP contribution in [-0.2, 0) is 6.42 Å². The number of hydrogen-bond acceptors (Lipinski definition) is 3. The summed E-state index contributed by atoms with van der Waals surface area (Å²) in [5.74, 6) is 0.575. The molecular weight excluding hydrogens is 345 g/mol. The molecule has 0 spiro atoms. The molecule has 2 aromatic heterocycles. The summed E-state index contributed by atoms with van der Waals surface area (Å²) < 4.78 is 5.42. The Morgan fingerprint density at radius 2 is 2.08 bits per heavy atom. The maximum atomic E-state index is 6.48. The van der Waals surface area contributed by atoms with E-state index < -0.39 is 0 Å². The van der Waals surface area contributed by atoms with Gasteiger partial charge in [0.25, 0.3) is 0 Å². The van der Waals surface area contributed by atoms with E-state index in [0.717, 1.165) is 47.0 Å². The Hall–Kier alpha value is -1.75. The first-order valence-electron chi connectivity index (χ1n) is 7.84. The van der Waals surface area contributed by atoms with Gasteiger partial charge in [-0.3, -0.25) is 0 Å². The summed E-state index contributed by atoms with van der Waals surface area (Å²) in [6, 6.07) is 7.54. The zero-order valence-corrected chi connectivity index (χ0v) is 14.9. The molecule has 0 saturated carbocycles. The minimum atomic E-state index is 0.575. The van der Waals surface area contributed by atoms with E-state index in [0.29, 0.717) is 22.5 Å². The van der Waals surface area contributed by atoms with Crippen LogP contribution in [-0.4, -0.2) is 23.6 Å². The average molecular weight is 364 g/mol. The van der Waals surface area contributed by atoms with Gasteiger partial charge in [0.1, 0.15) is 0 Å². The van der Waals surface area contributed by atoms with Gasteiger partial charge in [0, 0.05) is 22.1 Å². The van der Waals surface area contributed by atoms with Crippen molar-refractivity contribution in [1.29, 1.82) is 0 Å². The Morgan fingerprint density at radius 1 is 1.25 bits per heavy atom. The first-order chi connectivity index (χ1) is 11.7. The van der Waals surface area contributed by atoms with Gasteiger partial charge in [-0.05, 0) is 55.6 Å². The van der Waals surface area contributed by atoms with Crippen molar-refractivity contribution in [2.75, 3.05) is 13.7 Å². The second-order valence-corrected chi connectivity index (χ2v) is 6.44. The molecule has 0 unspecified atom stereocenters. The Labute approximate surface area is 150 Å². The fraction of sp³-hybridized carbons (Fsp3) is 0.278. The minimum Gasteiger partial charge on any atom is -0.481 e. The van der Waals surface area contributed by atoms with E-state index in [-0.39, 0.29) is 0 Å². The Morgan fingerprint density at radius 3 is 2.83 bits per heavy atom. The molecule has 0 saturated heterocycles. The smallest absolute Gasteiger partial charge is 0.222 e. The number of aromatic amines is 1. The van der Waals surface area contributed by atoms with Gasteiger partial charge in [-0.2, -0.15) is 0 Å². The topological polar surface area (TPSA) is 63.9 Å². The van der Waals surface area contributed by atoms with Crippen molar-refractivity contribution in [2.24, 2.45) is 5.73 Å². The molecule has 3 N–H and O–H groups in total. The van der Waals surface area contributed by atoms with Crippen molar-refractivity contribution in [1.82, 2.24) is 9.97 Å². The highest BCUT2D eigenvalue weighted by atomic mass is 35.5. The van der Waals surface area contributed by atoms with Crippen molar-refractivity contribution < 1.29 is 4.74 Å². The summed E-state index contributed by atoms with van der Waals surface area (Å²) in [6.07, 6.45) is 4.52. The zero-order chi connectivity index (χ0) is 17.1. The van der Waals surface area contributed by atoms with Crippen LogP contribution in [0.15, 0.2) is 30.5 Å². The van der Waals surface area contributed by atoms with Crippen molar-refractivity contribution >= 4 is 34.1 Å². The Bertz CT molecular complexity index is 861. The minimum absolute atomic E-state index is 0.575. The number of benzene rings is 1. The number of aryl methyl sites for hydroxylation is 1. The van der Waals surface area contributed by atoms with Crippen LogP contribution in [0, 0.1) is 0 Å². The molecule has 24 heavy (non-hydrogen) atoms. The predicted molar refractivity (Wildman–Crippen MR) is 100 cm³/mol. The van der Waals surface area contributed by atoms with E-state index in [1.54, 1.807) is 19.4 Å². The molecule has 1 aromatic carbocycles. The van der Waals surface area contributed by atoms with Gasteiger partial charge in [0.2, 0.25) is 5.88 Å². The quantitative estimate of drug-likeness (QED) is 0.616. The lowest BCUT2D eigenvalue weighted by Crippen LogP contribution is -2.00. The van der Waals surface area contributed by atoms with E-state index in [1.165, 1.54) is 0 Å². The van der Waals surface area contributed by atoms with E-state index >= 15 is 0 Å². The molecule has 0 fully saturated rings. The number of rotatable bonds is 6. The summed E-state index contributed by atoms with van der Waals surface area (Å²) in [6.45, 7) is 0.674. The highest BCUT2D eigenvalue weighted by molar-refractivity contribution is 6.39. The second-order valence-electron chi connectivity index (χ2n) is 5.59. The number of H-pyrrole nitrogens is 1. The van der Waals surface area contributed by atoms with Crippen molar-refractivity contribution in [3.8, 4) is 17.1 Å². The van der Waals surface area contributed by atoms with Crippen molar-refractivity contribution in [3.05, 3.63) is 46.1 Å². The average Bonchev–Trinajstić information content (AvgIpc) is 2.93. The first kappa shape index (κ1) is 17.1. The van der Waals surface area contributed by atoms with E-state index in [4.69, 9.17) is 33.7 Å². The van der Waals surface area contributed by atoms with Crippen LogP contribution in [0.5, 0.6) is 5.88 Å². The number of nitrogens with one attached hydrogen (secondary N) is 1. The van der Waals surface area contributed by atoms with Crippen LogP contribution in [0.2, 0.25) is 10.0 Å². The number of unbranched alkanes of at least 4 members (excludes halogenated alkanes) is 1. The molecule has 4 nitrogen and oxygen atoms in total. The molecule has 0 aliphatic carbocycles. The molecule has 126 valence electrons. The van der Waals surface area contributed by atoms with E-state index in [9.17, 15) is 0 Å². The van der Waals surface area contributed by atoms with Crippen LogP contribution in [0.1, 0.15) is 18.4 Å². The first-order valence-corrected chi connectivity index (χ1v) is 8.60. The molecular formula is C18H19Cl2N3O. The summed E-state index contributed by atoms with van der Waals surface area (Å²) in [7, 11) is 1.62. The number of halogens is 2. The van der Waals surface area contributed by atoms with Gasteiger partial charge in [-0.1, -0.05) is 23.2 Å². The zero-order valence-electron chi connectivity index (χ0n) is 13.4. The van der Waals surface area contributed by atoms with Crippen LogP contribution in [0.25, 0.3) is 22.2 Å². The van der Waals surface area contributed by atoms with Crippen LogP contribution >= 0.6 is 23.2 Å². The molecule has 0 bridgehead atoms. The molecule has 0 atom stereocenters. The van der Waals surface area contributed by atoms with Gasteiger partial charge < -0.3 is 15.5 Å². The van der Waals surface area contributed by atoms with Crippen LogP contribution < -0.4 is 10.5 Å². The molecule has 0 radical (unpaired) electrons. The molecule has 0 aliphatic rings. The van der Waals surface area contributed by atoms with Crippen LogP contribution in [0.3, 0.4) is 0 Å². The maximum Gasteiger partial charge on any atom is 0.222 e. The normalized spacial score (nSPS) is 11.2. The van der Waals surface area contributed by atoms with Gasteiger partial charge in [0.05, 0.1) is 23.4 Å². The molecule has 2 heterocycles. The molecule has 3 rings (SSSR count). The monoisotopic (exact) mass is 363 g/mol. The second kappa shape index (κ2) is 7.43. The number of methoxy groups -OCH3 is 1. The summed E-state index contributed by atoms with van der Waals surface area (Å²) >= 11 is 12.6. The summed E-state index contributed by atoms with van der Waals surface area (Å²) in [4.78, 5) is 7.74. The highest BCUT2D eigenvalue weighted by Crippen LogP contribution is 2.39. The van der Waals surface area contributed by atoms with Gasteiger partial charge in [-0.15, -0.1) is 0 Å². The summed E-state index contributed by atoms with van der Waals surface area (Å²) in [5.41, 5.74) is 9.58. The largest absolute Gasteiger partial charge is 0.481 e. The fourth-order valence-corrected chi connectivity index (χ4v) is 3.59. The predicted octanol–water partition coefficient (Wildman–Crippen LogP) is 4.83. The van der Waals surface area contributed by atoms with Gasteiger partial charge in [-0.25, -0.2) is 4.98 Å². The van der Waals surface area contributed by atoms with E-state index in [2.05, 4.69) is 9.97 Å². The number of fused-ring (bicyclic) bond motifs is 1. The number of pyridine rings is 1. The Kier molecular flexibility index (Phi) is 5.29. The van der Waals surface area contributed by atoms with Crippen molar-refractivity contribution in [2.45, 2.75) is 19.3 Å². The molecule has 6 heteroatoms. The third-order valence-electron chi connectivity index (χ3n) is 4.03. The van der Waals surface area contributed by atoms with Crippen molar-refractivity contribution in [3.63, 3.8) is 0 Å². The third kappa shape index (κ3) is 3.22. The number of ether oxygens (including phenoxy) is 1. The molecule has 3 aromatic rings. The number of hydrogen-bond donors (Lipinski definition) is 2. The molecule has 0 aliphatic heterocycles. The molecule has 0 amide bonds. The highest BCUT2D eigenvalue weighted by Gasteiger charge is 2.19. The lowest BCUT2D eigenvalue weighted by atomic mass is 10.0. The lowest BCUT2D eigenvalue weighted by molar-refractivity contribution is 0.399. The number of nitrogens with zero attached hydrogens (tertiary/aromatic N) is 1. The van der Waals surface area contributed by atoms with Crippen LogP contribution in [0.4, 0.5) is 0 Å². The SMILES string of the molecule is COc1ncccc1-c1[nH]c2cc(Cl)cc(Cl)c2c1CCCCN. The lowest BCUT2D eigenvalue weighted by Gasteiger charge is -2.09. The maximum absolute atomic E-state index is 6.48. The Balaban J connectivity index is 2.22. The standard InChI is InChI=1S/C18H19Cl2N3O/c1-24-18-13(6-4-8-22-18)17-12(5-2-3-7-21)16-14(20)9-11(19)10-15(16)23-17/h4,6,8-10,23H,2-3,5,7,21H2,1H3. The van der Waals surface area contributed by atoms with E-state index in [1.807, 2.05) is 18.2 Å². The van der Waals surface area contributed by atoms with Gasteiger partial charge >= 0.3 is 0 Å². The number of aromatic nitrogens is 2. The summed E-state index contributed by atoms with van der Waals surface area (Å²) in [5, 5.41) is 2.25. The van der Waals surface area contributed by atoms with Gasteiger partial charge in [0.15, 0.2) is 0 Å². The fourth-order valence-electron chi connectivity index (χ4n) is 2.98. The number of nitrogens with two attached hydrogens (primary N) is 1. The third-order valence-corrected chi connectivity index (χ3v) is 4.55.